The van der Waals surface area contributed by atoms with Gasteiger partial charge in [0.25, 0.3) is 0 Å². The number of halogens is 7. The lowest BCUT2D eigenvalue weighted by atomic mass is 10.2. The Kier molecular flexibility index (Phi) is 10.2. The highest BCUT2D eigenvalue weighted by Gasteiger charge is 2.38. The van der Waals surface area contributed by atoms with E-state index in [1.54, 1.807) is 0 Å². The Bertz CT molecular complexity index is 695. The highest BCUT2D eigenvalue weighted by atomic mass is 35.5. The summed E-state index contributed by atoms with van der Waals surface area (Å²) in [5.74, 6) is -5.35. The second kappa shape index (κ2) is 11.3. The number of nitrogens with one attached hydrogen (secondary N) is 1. The minimum absolute atomic E-state index is 0.163. The molecule has 1 fully saturated rings. The summed E-state index contributed by atoms with van der Waals surface area (Å²) >= 11 is 5.84. The summed E-state index contributed by atoms with van der Waals surface area (Å²) in [5, 5.41) is 22.4. The Morgan fingerprint density at radius 3 is 1.50 bits per heavy atom. The average Bonchev–Trinajstić information content (AvgIpc) is 2.62. The predicted molar refractivity (Wildman–Crippen MR) is 94.5 cm³/mol. The minimum atomic E-state index is -5.08. The van der Waals surface area contributed by atoms with E-state index in [4.69, 9.17) is 42.5 Å². The molecular weight excluding hydrogens is 450 g/mol. The number of carbonyl (C=O) groups is 2. The summed E-state index contributed by atoms with van der Waals surface area (Å²) in [6.07, 6.45) is -10.2. The van der Waals surface area contributed by atoms with Gasteiger partial charge in [-0.25, -0.2) is 9.59 Å². The molecule has 0 atom stereocenters. The van der Waals surface area contributed by atoms with Crippen LogP contribution in [-0.4, -0.2) is 71.5 Å². The zero-order valence-corrected chi connectivity index (χ0v) is 15.7. The summed E-state index contributed by atoms with van der Waals surface area (Å²) in [4.78, 5) is 21.9. The van der Waals surface area contributed by atoms with Crippen LogP contribution in [-0.2, 0) is 9.59 Å². The van der Waals surface area contributed by atoms with Gasteiger partial charge in [0.15, 0.2) is 5.96 Å². The van der Waals surface area contributed by atoms with Gasteiger partial charge in [-0.3, -0.25) is 5.41 Å². The third-order valence-corrected chi connectivity index (χ3v) is 3.55. The Labute approximate surface area is 170 Å². The number of nitrogens with two attached hydrogens (primary N) is 1. The van der Waals surface area contributed by atoms with Crippen molar-refractivity contribution in [3.05, 3.63) is 29.3 Å². The molecule has 1 aliphatic rings. The molecule has 2 rings (SSSR count). The van der Waals surface area contributed by atoms with E-state index in [1.165, 1.54) is 5.69 Å². The molecule has 1 saturated heterocycles. The number of rotatable bonds is 1. The number of benzene rings is 1. The Morgan fingerprint density at radius 1 is 0.900 bits per heavy atom. The zero-order chi connectivity index (χ0) is 23.7. The number of piperazine rings is 1. The van der Waals surface area contributed by atoms with Crippen LogP contribution in [0.1, 0.15) is 0 Å². The molecule has 0 amide bonds. The van der Waals surface area contributed by atoms with Gasteiger partial charge >= 0.3 is 24.3 Å². The number of carboxylic acids is 2. The summed E-state index contributed by atoms with van der Waals surface area (Å²) < 4.78 is 63.5. The van der Waals surface area contributed by atoms with E-state index in [0.29, 0.717) is 0 Å². The fourth-order valence-corrected chi connectivity index (χ4v) is 1.98. The smallest absolute Gasteiger partial charge is 0.475 e. The first-order chi connectivity index (χ1) is 13.6. The molecule has 15 heteroatoms. The van der Waals surface area contributed by atoms with Crippen LogP contribution in [0.25, 0.3) is 0 Å². The Balaban J connectivity index is 0.000000503. The van der Waals surface area contributed by atoms with Crippen LogP contribution < -0.4 is 10.6 Å². The van der Waals surface area contributed by atoms with Crippen LogP contribution in [0.15, 0.2) is 24.3 Å². The highest BCUT2D eigenvalue weighted by molar-refractivity contribution is 6.30. The molecule has 0 aliphatic carbocycles. The molecular formula is C15H17ClF6N4O4. The number of aliphatic carboxylic acids is 2. The molecule has 0 radical (unpaired) electrons. The van der Waals surface area contributed by atoms with Crippen LogP contribution in [0.3, 0.4) is 0 Å². The van der Waals surface area contributed by atoms with Gasteiger partial charge in [0.1, 0.15) is 0 Å². The molecule has 1 aromatic carbocycles. The van der Waals surface area contributed by atoms with Crippen LogP contribution in [0.5, 0.6) is 0 Å². The van der Waals surface area contributed by atoms with E-state index in [2.05, 4.69) is 4.90 Å². The van der Waals surface area contributed by atoms with Crippen LogP contribution >= 0.6 is 11.6 Å². The van der Waals surface area contributed by atoms with Gasteiger partial charge in [0, 0.05) is 36.9 Å². The summed E-state index contributed by atoms with van der Waals surface area (Å²) in [6, 6.07) is 7.83. The Morgan fingerprint density at radius 2 is 1.23 bits per heavy atom. The van der Waals surface area contributed by atoms with E-state index in [0.717, 1.165) is 31.2 Å². The first-order valence-electron chi connectivity index (χ1n) is 7.75. The lowest BCUT2D eigenvalue weighted by Gasteiger charge is -2.36. The molecule has 0 saturated carbocycles. The van der Waals surface area contributed by atoms with E-state index >= 15 is 0 Å². The third-order valence-electron chi connectivity index (χ3n) is 3.30. The zero-order valence-electron chi connectivity index (χ0n) is 15.0. The third kappa shape index (κ3) is 10.6. The molecule has 0 aromatic heterocycles. The molecule has 0 spiro atoms. The van der Waals surface area contributed by atoms with E-state index in [1.807, 2.05) is 29.2 Å². The van der Waals surface area contributed by atoms with Gasteiger partial charge in [-0.15, -0.1) is 0 Å². The van der Waals surface area contributed by atoms with E-state index < -0.39 is 24.3 Å². The maximum absolute atomic E-state index is 10.6. The molecule has 170 valence electrons. The van der Waals surface area contributed by atoms with Gasteiger partial charge in [-0.1, -0.05) is 11.6 Å². The topological polar surface area (TPSA) is 131 Å². The van der Waals surface area contributed by atoms with Crippen molar-refractivity contribution in [2.24, 2.45) is 5.73 Å². The van der Waals surface area contributed by atoms with Crippen molar-refractivity contribution < 1.29 is 46.1 Å². The maximum Gasteiger partial charge on any atom is 0.490 e. The lowest BCUT2D eigenvalue weighted by Crippen LogP contribution is -2.50. The van der Waals surface area contributed by atoms with E-state index in [9.17, 15) is 26.3 Å². The standard InChI is InChI=1S/C11H15ClN4.2C2HF3O2/c12-9-1-3-10(4-2-9)15-5-7-16(8-6-15)11(13)14;2*3-2(4,5)1(6)7/h1-4H,5-8H2,(H3,13,14);2*(H,6,7). The van der Waals surface area contributed by atoms with Gasteiger partial charge in [-0.05, 0) is 24.3 Å². The molecule has 8 nitrogen and oxygen atoms in total. The highest BCUT2D eigenvalue weighted by Crippen LogP contribution is 2.19. The van der Waals surface area contributed by atoms with Crippen molar-refractivity contribution >= 4 is 35.2 Å². The number of hydrogen-bond acceptors (Lipinski definition) is 4. The summed E-state index contributed by atoms with van der Waals surface area (Å²) in [7, 11) is 0. The second-order valence-electron chi connectivity index (χ2n) is 5.44. The lowest BCUT2D eigenvalue weighted by molar-refractivity contribution is -0.193. The SMILES string of the molecule is N=C(N)N1CCN(c2ccc(Cl)cc2)CC1.O=C(O)C(F)(F)F.O=C(O)C(F)(F)F. The normalized spacial score (nSPS) is 14.0. The first kappa shape index (κ1) is 27.1. The Hall–Kier alpha value is -2.90. The van der Waals surface area contributed by atoms with Crippen molar-refractivity contribution in [3.8, 4) is 0 Å². The number of alkyl halides is 6. The van der Waals surface area contributed by atoms with Gasteiger partial charge in [-0.2, -0.15) is 26.3 Å². The van der Waals surface area contributed by atoms with Crippen molar-refractivity contribution in [2.75, 3.05) is 31.1 Å². The number of anilines is 1. The van der Waals surface area contributed by atoms with Crippen LogP contribution in [0, 0.1) is 5.41 Å². The van der Waals surface area contributed by atoms with Crippen molar-refractivity contribution in [3.63, 3.8) is 0 Å². The largest absolute Gasteiger partial charge is 0.490 e. The molecule has 5 N–H and O–H groups in total. The number of hydrogen-bond donors (Lipinski definition) is 4. The minimum Gasteiger partial charge on any atom is -0.475 e. The van der Waals surface area contributed by atoms with Crippen molar-refractivity contribution in [1.29, 1.82) is 5.41 Å². The van der Waals surface area contributed by atoms with Gasteiger partial charge in [0.05, 0.1) is 0 Å². The second-order valence-corrected chi connectivity index (χ2v) is 5.88. The molecule has 1 heterocycles. The summed E-state index contributed by atoms with van der Waals surface area (Å²) in [5.41, 5.74) is 6.62. The van der Waals surface area contributed by atoms with Crippen LogP contribution in [0.2, 0.25) is 5.02 Å². The first-order valence-corrected chi connectivity index (χ1v) is 8.13. The van der Waals surface area contributed by atoms with Crippen molar-refractivity contribution in [1.82, 2.24) is 4.90 Å². The molecule has 0 unspecified atom stereocenters. The number of nitrogens with zero attached hydrogens (tertiary/aromatic N) is 2. The fraction of sp³-hybridized carbons (Fsp3) is 0.400. The quantitative estimate of drug-likeness (QED) is 0.284. The fourth-order valence-electron chi connectivity index (χ4n) is 1.86. The molecule has 30 heavy (non-hydrogen) atoms. The van der Waals surface area contributed by atoms with Gasteiger partial charge in [0.2, 0.25) is 0 Å². The molecule has 1 aromatic rings. The monoisotopic (exact) mass is 466 g/mol. The van der Waals surface area contributed by atoms with E-state index in [-0.39, 0.29) is 5.96 Å². The predicted octanol–water partition coefficient (Wildman–Crippen LogP) is 2.62. The van der Waals surface area contributed by atoms with Gasteiger partial charge < -0.3 is 25.7 Å². The maximum atomic E-state index is 10.6. The molecule has 0 bridgehead atoms. The number of guanidine groups is 1. The molecule has 1 aliphatic heterocycles. The summed E-state index contributed by atoms with van der Waals surface area (Å²) in [6.45, 7) is 3.39. The number of carboxylic acid groups (broad SMARTS) is 2. The van der Waals surface area contributed by atoms with Crippen LogP contribution in [0.4, 0.5) is 32.0 Å². The van der Waals surface area contributed by atoms with Crippen molar-refractivity contribution in [2.45, 2.75) is 12.4 Å². The average molecular weight is 467 g/mol.